The Labute approximate surface area is 89.4 Å². The van der Waals surface area contributed by atoms with Crippen LogP contribution in [0.1, 0.15) is 20.3 Å². The van der Waals surface area contributed by atoms with Gasteiger partial charge >= 0.3 is 18.1 Å². The minimum atomic E-state index is -4.64. The van der Waals surface area contributed by atoms with E-state index in [4.69, 9.17) is 5.11 Å². The first-order valence-corrected chi connectivity index (χ1v) is 4.50. The molecule has 0 saturated heterocycles. The molecule has 0 aromatic carbocycles. The minimum absolute atomic E-state index is 0.00791. The van der Waals surface area contributed by atoms with Gasteiger partial charge in [0.1, 0.15) is 0 Å². The lowest BCUT2D eigenvalue weighted by Crippen LogP contribution is -2.34. The van der Waals surface area contributed by atoms with Gasteiger partial charge in [-0.1, -0.05) is 13.8 Å². The Morgan fingerprint density at radius 1 is 1.38 bits per heavy atom. The predicted octanol–water partition coefficient (Wildman–Crippen LogP) is 1.59. The first kappa shape index (κ1) is 12.8. The van der Waals surface area contributed by atoms with Gasteiger partial charge in [-0.3, -0.25) is 9.59 Å². The van der Waals surface area contributed by atoms with E-state index in [-0.39, 0.29) is 6.42 Å². The average Bonchev–Trinajstić information content (AvgIpc) is 2.65. The summed E-state index contributed by atoms with van der Waals surface area (Å²) in [5, 5.41) is 8.86. The number of carboxylic acids is 1. The normalized spacial score (nSPS) is 27.3. The summed E-state index contributed by atoms with van der Waals surface area (Å²) in [6.07, 6.45) is -4.65. The number of ether oxygens (including phenoxy) is 1. The third kappa shape index (κ3) is 1.98. The number of halogens is 3. The predicted molar refractivity (Wildman–Crippen MR) is 45.5 cm³/mol. The number of esters is 1. The van der Waals surface area contributed by atoms with Crippen LogP contribution in [0.5, 0.6) is 0 Å². The Hall–Kier alpha value is -1.27. The van der Waals surface area contributed by atoms with E-state index in [9.17, 15) is 22.8 Å². The third-order valence-electron chi connectivity index (χ3n) is 2.82. The van der Waals surface area contributed by atoms with E-state index in [1.165, 1.54) is 13.8 Å². The standard InChI is InChI=1S/C9H11F3O4/c1-7(2)3-8(7,5(13)14)6(15)16-4-9(10,11)12/h3-4H2,1-2H3,(H,13,14)/t8-/m1/s1. The molecule has 1 aliphatic rings. The van der Waals surface area contributed by atoms with Gasteiger partial charge in [0.05, 0.1) is 0 Å². The SMILES string of the molecule is CC1(C)C[C@@]1(C(=O)O)C(=O)OCC(F)(F)F. The van der Waals surface area contributed by atoms with Crippen LogP contribution in [0.3, 0.4) is 0 Å². The zero-order valence-corrected chi connectivity index (χ0v) is 8.72. The molecule has 1 rings (SSSR count). The molecule has 0 unspecified atom stereocenters. The minimum Gasteiger partial charge on any atom is -0.480 e. The second-order valence-electron chi connectivity index (χ2n) is 4.46. The highest BCUT2D eigenvalue weighted by Crippen LogP contribution is 2.64. The number of aliphatic carboxylic acids is 1. The average molecular weight is 240 g/mol. The number of carbonyl (C=O) groups is 2. The van der Waals surface area contributed by atoms with Gasteiger partial charge in [-0.05, 0) is 11.8 Å². The summed E-state index contributed by atoms with van der Waals surface area (Å²) < 4.78 is 39.4. The maximum absolute atomic E-state index is 11.8. The fourth-order valence-electron chi connectivity index (χ4n) is 1.69. The van der Waals surface area contributed by atoms with E-state index in [1.54, 1.807) is 0 Å². The summed E-state index contributed by atoms with van der Waals surface area (Å²) in [4.78, 5) is 22.2. The van der Waals surface area contributed by atoms with Crippen LogP contribution in [0.4, 0.5) is 13.2 Å². The maximum atomic E-state index is 11.8. The van der Waals surface area contributed by atoms with Crippen molar-refractivity contribution < 1.29 is 32.6 Å². The molecule has 1 saturated carbocycles. The van der Waals surface area contributed by atoms with Crippen molar-refractivity contribution in [1.82, 2.24) is 0 Å². The van der Waals surface area contributed by atoms with Gasteiger partial charge < -0.3 is 9.84 Å². The van der Waals surface area contributed by atoms with Crippen LogP contribution >= 0.6 is 0 Å². The molecule has 0 aliphatic heterocycles. The van der Waals surface area contributed by atoms with Crippen molar-refractivity contribution in [3.05, 3.63) is 0 Å². The van der Waals surface area contributed by atoms with Crippen LogP contribution in [0, 0.1) is 10.8 Å². The lowest BCUT2D eigenvalue weighted by Gasteiger charge is -2.15. The van der Waals surface area contributed by atoms with Gasteiger partial charge in [-0.2, -0.15) is 13.2 Å². The Morgan fingerprint density at radius 2 is 1.81 bits per heavy atom. The fraction of sp³-hybridized carbons (Fsp3) is 0.778. The van der Waals surface area contributed by atoms with E-state index in [2.05, 4.69) is 4.74 Å². The zero-order valence-electron chi connectivity index (χ0n) is 8.72. The monoisotopic (exact) mass is 240 g/mol. The topological polar surface area (TPSA) is 63.6 Å². The second kappa shape index (κ2) is 3.36. The highest BCUT2D eigenvalue weighted by Gasteiger charge is 2.73. The van der Waals surface area contributed by atoms with Crippen molar-refractivity contribution in [3.8, 4) is 0 Å². The molecule has 4 nitrogen and oxygen atoms in total. The van der Waals surface area contributed by atoms with Crippen LogP contribution in [0.25, 0.3) is 0 Å². The fourth-order valence-corrected chi connectivity index (χ4v) is 1.69. The summed E-state index contributed by atoms with van der Waals surface area (Å²) >= 11 is 0. The number of hydrogen-bond donors (Lipinski definition) is 1. The van der Waals surface area contributed by atoms with Gasteiger partial charge in [0.2, 0.25) is 0 Å². The Bertz CT molecular complexity index is 334. The zero-order chi connectivity index (χ0) is 12.8. The Morgan fingerprint density at radius 3 is 2.06 bits per heavy atom. The highest BCUT2D eigenvalue weighted by molar-refractivity contribution is 6.03. The number of alkyl halides is 3. The second-order valence-corrected chi connectivity index (χ2v) is 4.46. The van der Waals surface area contributed by atoms with Gasteiger partial charge in [0.25, 0.3) is 0 Å². The lowest BCUT2D eigenvalue weighted by molar-refractivity contribution is -0.193. The summed E-state index contributed by atoms with van der Waals surface area (Å²) in [6, 6.07) is 0. The van der Waals surface area contributed by atoms with Gasteiger partial charge in [-0.25, -0.2) is 0 Å². The highest BCUT2D eigenvalue weighted by atomic mass is 19.4. The Balaban J connectivity index is 2.71. The molecule has 0 heterocycles. The van der Waals surface area contributed by atoms with Crippen LogP contribution in [-0.4, -0.2) is 29.8 Å². The van der Waals surface area contributed by atoms with Crippen molar-refractivity contribution in [2.24, 2.45) is 10.8 Å². The summed E-state index contributed by atoms with van der Waals surface area (Å²) in [5.41, 5.74) is -2.68. The molecule has 1 fully saturated rings. The van der Waals surface area contributed by atoms with Gasteiger partial charge in [0.15, 0.2) is 12.0 Å². The van der Waals surface area contributed by atoms with E-state index in [0.29, 0.717) is 0 Å². The summed E-state index contributed by atoms with van der Waals surface area (Å²) in [5.74, 6) is -2.76. The van der Waals surface area contributed by atoms with Crippen molar-refractivity contribution in [3.63, 3.8) is 0 Å². The summed E-state index contributed by atoms with van der Waals surface area (Å²) in [6.45, 7) is 1.24. The first-order chi connectivity index (χ1) is 7.03. The molecule has 1 atom stereocenters. The molecule has 1 aliphatic carbocycles. The molecule has 0 radical (unpaired) electrons. The molecule has 0 aromatic heterocycles. The number of carbonyl (C=O) groups excluding carboxylic acids is 1. The largest absolute Gasteiger partial charge is 0.480 e. The Kier molecular flexibility index (Phi) is 2.69. The molecule has 0 amide bonds. The van der Waals surface area contributed by atoms with Crippen molar-refractivity contribution >= 4 is 11.9 Å². The molecule has 16 heavy (non-hydrogen) atoms. The van der Waals surface area contributed by atoms with Crippen LogP contribution in [0.2, 0.25) is 0 Å². The molecular weight excluding hydrogens is 229 g/mol. The molecule has 0 aromatic rings. The molecule has 7 heteroatoms. The number of hydrogen-bond acceptors (Lipinski definition) is 3. The number of rotatable bonds is 3. The van der Waals surface area contributed by atoms with Crippen molar-refractivity contribution in [1.29, 1.82) is 0 Å². The molecule has 1 N–H and O–H groups in total. The van der Waals surface area contributed by atoms with Crippen molar-refractivity contribution in [2.75, 3.05) is 6.61 Å². The van der Waals surface area contributed by atoms with E-state index < -0.39 is 35.6 Å². The van der Waals surface area contributed by atoms with Gasteiger partial charge in [0, 0.05) is 0 Å². The summed E-state index contributed by atoms with van der Waals surface area (Å²) in [7, 11) is 0. The molecule has 0 spiro atoms. The first-order valence-electron chi connectivity index (χ1n) is 4.50. The van der Waals surface area contributed by atoms with E-state index in [0.717, 1.165) is 0 Å². The van der Waals surface area contributed by atoms with E-state index in [1.807, 2.05) is 0 Å². The van der Waals surface area contributed by atoms with Crippen molar-refractivity contribution in [2.45, 2.75) is 26.4 Å². The number of carboxylic acid groups (broad SMARTS) is 1. The molecule has 0 bridgehead atoms. The van der Waals surface area contributed by atoms with Crippen LogP contribution < -0.4 is 0 Å². The molecule has 92 valence electrons. The van der Waals surface area contributed by atoms with Crippen LogP contribution in [-0.2, 0) is 14.3 Å². The smallest absolute Gasteiger partial charge is 0.422 e. The lowest BCUT2D eigenvalue weighted by atomic mass is 9.96. The molecular formula is C9H11F3O4. The maximum Gasteiger partial charge on any atom is 0.422 e. The van der Waals surface area contributed by atoms with Crippen LogP contribution in [0.15, 0.2) is 0 Å². The third-order valence-corrected chi connectivity index (χ3v) is 2.82. The van der Waals surface area contributed by atoms with E-state index >= 15 is 0 Å². The quantitative estimate of drug-likeness (QED) is 0.601. The van der Waals surface area contributed by atoms with Gasteiger partial charge in [-0.15, -0.1) is 0 Å².